The minimum atomic E-state index is -3.88. The Morgan fingerprint density at radius 1 is 0.839 bits per heavy atom. The fraction of sp³-hybridized carbons (Fsp3) is 0.455. The van der Waals surface area contributed by atoms with E-state index in [1.165, 1.54) is 38.4 Å². The standard InChI is InChI=1S/C22H31N3O4S2/c1-22(2)15-13-17(14-16-22)23-20-7-5-6-8-21(20)24-30(26,27)18-9-11-19(12-10-18)31(28,29)25(3)4/h5-12,17,23-24H,13-16H2,1-4H3. The molecule has 1 aliphatic carbocycles. The fourth-order valence-electron chi connectivity index (χ4n) is 3.67. The predicted molar refractivity (Wildman–Crippen MR) is 124 cm³/mol. The van der Waals surface area contributed by atoms with E-state index >= 15 is 0 Å². The molecule has 9 heteroatoms. The van der Waals surface area contributed by atoms with Crippen LogP contribution in [0.4, 0.5) is 11.4 Å². The number of para-hydroxylation sites is 2. The summed E-state index contributed by atoms with van der Waals surface area (Å²) in [5.74, 6) is 0. The molecule has 0 aromatic heterocycles. The fourth-order valence-corrected chi connectivity index (χ4v) is 5.65. The Hall–Kier alpha value is -2.10. The van der Waals surface area contributed by atoms with Gasteiger partial charge in [-0.2, -0.15) is 0 Å². The van der Waals surface area contributed by atoms with Crippen molar-refractivity contribution in [2.45, 2.75) is 55.4 Å². The van der Waals surface area contributed by atoms with Crippen LogP contribution in [0.25, 0.3) is 0 Å². The maximum atomic E-state index is 12.9. The van der Waals surface area contributed by atoms with Gasteiger partial charge in [0.05, 0.1) is 21.2 Å². The smallest absolute Gasteiger partial charge is 0.261 e. The maximum Gasteiger partial charge on any atom is 0.261 e. The van der Waals surface area contributed by atoms with Crippen molar-refractivity contribution in [2.75, 3.05) is 24.1 Å². The predicted octanol–water partition coefficient (Wildman–Crippen LogP) is 4.12. The highest BCUT2D eigenvalue weighted by Gasteiger charge is 2.27. The second-order valence-corrected chi connectivity index (χ2v) is 12.8. The highest BCUT2D eigenvalue weighted by Crippen LogP contribution is 2.37. The Kier molecular flexibility index (Phi) is 6.69. The van der Waals surface area contributed by atoms with Crippen LogP contribution in [0, 0.1) is 5.41 Å². The summed E-state index contributed by atoms with van der Waals surface area (Å²) in [4.78, 5) is 0.0400. The van der Waals surface area contributed by atoms with Crippen molar-refractivity contribution in [3.05, 3.63) is 48.5 Å². The van der Waals surface area contributed by atoms with Gasteiger partial charge in [0.1, 0.15) is 0 Å². The molecule has 0 bridgehead atoms. The molecule has 31 heavy (non-hydrogen) atoms. The van der Waals surface area contributed by atoms with Crippen molar-refractivity contribution in [2.24, 2.45) is 5.41 Å². The van der Waals surface area contributed by atoms with Gasteiger partial charge in [-0.3, -0.25) is 4.72 Å². The van der Waals surface area contributed by atoms with Gasteiger partial charge in [-0.1, -0.05) is 26.0 Å². The van der Waals surface area contributed by atoms with Crippen LogP contribution in [0.15, 0.2) is 58.3 Å². The third-order valence-corrected chi connectivity index (χ3v) is 8.99. The van der Waals surface area contributed by atoms with E-state index < -0.39 is 20.0 Å². The number of benzene rings is 2. The zero-order valence-corrected chi connectivity index (χ0v) is 20.1. The molecule has 0 radical (unpaired) electrons. The number of nitrogens with one attached hydrogen (secondary N) is 2. The van der Waals surface area contributed by atoms with Gasteiger partial charge in [0.2, 0.25) is 10.0 Å². The molecule has 7 nitrogen and oxygen atoms in total. The molecule has 1 fully saturated rings. The summed E-state index contributed by atoms with van der Waals surface area (Å²) in [7, 11) is -4.64. The molecule has 0 atom stereocenters. The first-order valence-corrected chi connectivity index (χ1v) is 13.2. The Labute approximate surface area is 186 Å². The van der Waals surface area contributed by atoms with Crippen molar-refractivity contribution in [3.63, 3.8) is 0 Å². The average Bonchev–Trinajstić information content (AvgIpc) is 2.71. The van der Waals surface area contributed by atoms with Gasteiger partial charge in [-0.25, -0.2) is 21.1 Å². The van der Waals surface area contributed by atoms with E-state index in [0.29, 0.717) is 17.1 Å². The molecular weight excluding hydrogens is 434 g/mol. The topological polar surface area (TPSA) is 95.6 Å². The third kappa shape index (κ3) is 5.58. The van der Waals surface area contributed by atoms with Gasteiger partial charge in [-0.15, -0.1) is 0 Å². The summed E-state index contributed by atoms with van der Waals surface area (Å²) in [6.07, 6.45) is 4.33. The molecule has 0 saturated heterocycles. The molecule has 0 amide bonds. The van der Waals surface area contributed by atoms with Crippen LogP contribution in [0.1, 0.15) is 39.5 Å². The van der Waals surface area contributed by atoms with E-state index in [2.05, 4.69) is 23.9 Å². The van der Waals surface area contributed by atoms with Gasteiger partial charge in [0.25, 0.3) is 10.0 Å². The zero-order valence-electron chi connectivity index (χ0n) is 18.4. The van der Waals surface area contributed by atoms with Crippen molar-refractivity contribution in [3.8, 4) is 0 Å². The van der Waals surface area contributed by atoms with Crippen molar-refractivity contribution >= 4 is 31.4 Å². The number of anilines is 2. The lowest BCUT2D eigenvalue weighted by Gasteiger charge is -2.35. The Balaban J connectivity index is 1.78. The summed E-state index contributed by atoms with van der Waals surface area (Å²) < 4.78 is 54.0. The van der Waals surface area contributed by atoms with Gasteiger partial charge in [-0.05, 0) is 67.5 Å². The number of sulfonamides is 2. The number of hydrogen-bond acceptors (Lipinski definition) is 5. The molecule has 0 heterocycles. The van der Waals surface area contributed by atoms with Crippen LogP contribution in [0.2, 0.25) is 0 Å². The van der Waals surface area contributed by atoms with E-state index in [4.69, 9.17) is 0 Å². The summed E-state index contributed by atoms with van der Waals surface area (Å²) in [5, 5.41) is 3.49. The lowest BCUT2D eigenvalue weighted by atomic mass is 9.75. The van der Waals surface area contributed by atoms with Crippen molar-refractivity contribution in [1.82, 2.24) is 4.31 Å². The summed E-state index contributed by atoms with van der Waals surface area (Å²) >= 11 is 0. The Morgan fingerprint density at radius 3 is 1.90 bits per heavy atom. The van der Waals surface area contributed by atoms with Gasteiger partial charge >= 0.3 is 0 Å². The van der Waals surface area contributed by atoms with Crippen molar-refractivity contribution in [1.29, 1.82) is 0 Å². The first-order chi connectivity index (χ1) is 14.4. The van der Waals surface area contributed by atoms with Crippen LogP contribution in [-0.2, 0) is 20.0 Å². The first-order valence-electron chi connectivity index (χ1n) is 10.3. The van der Waals surface area contributed by atoms with Crippen molar-refractivity contribution < 1.29 is 16.8 Å². The molecule has 0 aliphatic heterocycles. The number of hydrogen-bond donors (Lipinski definition) is 2. The van der Waals surface area contributed by atoms with Gasteiger partial charge < -0.3 is 5.32 Å². The van der Waals surface area contributed by atoms with Crippen LogP contribution in [-0.4, -0.2) is 41.3 Å². The second kappa shape index (κ2) is 8.80. The molecule has 0 spiro atoms. The minimum absolute atomic E-state index is 0.000532. The largest absolute Gasteiger partial charge is 0.381 e. The normalized spacial score (nSPS) is 17.5. The van der Waals surface area contributed by atoms with Crippen LogP contribution in [0.5, 0.6) is 0 Å². The first kappa shape index (κ1) is 23.6. The molecular formula is C22H31N3O4S2. The van der Waals surface area contributed by atoms with Crippen LogP contribution >= 0.6 is 0 Å². The Bertz CT molecular complexity index is 1120. The summed E-state index contributed by atoms with van der Waals surface area (Å²) in [5.41, 5.74) is 1.56. The second-order valence-electron chi connectivity index (χ2n) is 8.99. The van der Waals surface area contributed by atoms with E-state index in [1.807, 2.05) is 12.1 Å². The molecule has 2 aromatic carbocycles. The van der Waals surface area contributed by atoms with Crippen LogP contribution < -0.4 is 10.0 Å². The van der Waals surface area contributed by atoms with Crippen LogP contribution in [0.3, 0.4) is 0 Å². The van der Waals surface area contributed by atoms with E-state index in [-0.39, 0.29) is 9.79 Å². The molecule has 2 N–H and O–H groups in total. The molecule has 2 aromatic rings. The monoisotopic (exact) mass is 465 g/mol. The van der Waals surface area contributed by atoms with E-state index in [0.717, 1.165) is 35.7 Å². The quantitative estimate of drug-likeness (QED) is 0.641. The summed E-state index contributed by atoms with van der Waals surface area (Å²) in [6.45, 7) is 4.56. The third-order valence-electron chi connectivity index (χ3n) is 5.78. The molecule has 1 aliphatic rings. The lowest BCUT2D eigenvalue weighted by Crippen LogP contribution is -2.30. The molecule has 0 unspecified atom stereocenters. The molecule has 170 valence electrons. The summed E-state index contributed by atoms with van der Waals surface area (Å²) in [6, 6.07) is 12.7. The lowest BCUT2D eigenvalue weighted by molar-refractivity contribution is 0.232. The van der Waals surface area contributed by atoms with Gasteiger partial charge in [0.15, 0.2) is 0 Å². The average molecular weight is 466 g/mol. The Morgan fingerprint density at radius 2 is 1.35 bits per heavy atom. The molecule has 1 saturated carbocycles. The maximum absolute atomic E-state index is 12.9. The molecule has 3 rings (SSSR count). The SMILES string of the molecule is CN(C)S(=O)(=O)c1ccc(S(=O)(=O)Nc2ccccc2NC2CCC(C)(C)CC2)cc1. The highest BCUT2D eigenvalue weighted by molar-refractivity contribution is 7.92. The highest BCUT2D eigenvalue weighted by atomic mass is 32.2. The van der Waals surface area contributed by atoms with Gasteiger partial charge in [0, 0.05) is 20.1 Å². The number of nitrogens with zero attached hydrogens (tertiary/aromatic N) is 1. The minimum Gasteiger partial charge on any atom is -0.381 e. The zero-order chi connectivity index (χ0) is 22.9. The van der Waals surface area contributed by atoms with E-state index in [9.17, 15) is 16.8 Å². The van der Waals surface area contributed by atoms with E-state index in [1.54, 1.807) is 12.1 Å². The number of rotatable bonds is 7.